The van der Waals surface area contributed by atoms with Crippen molar-refractivity contribution in [1.82, 2.24) is 4.98 Å². The van der Waals surface area contributed by atoms with E-state index in [1.54, 1.807) is 12.3 Å². The molecule has 4 heteroatoms. The maximum absolute atomic E-state index is 11.1. The van der Waals surface area contributed by atoms with Crippen molar-refractivity contribution in [2.45, 2.75) is 45.3 Å². The Morgan fingerprint density at radius 3 is 2.53 bits per heavy atom. The van der Waals surface area contributed by atoms with E-state index in [1.807, 2.05) is 6.07 Å². The third-order valence-electron chi connectivity index (χ3n) is 3.50. The Hall–Kier alpha value is -0.873. The third-order valence-corrected chi connectivity index (χ3v) is 8.04. The SMILES string of the molecule is CC(C)(C)[Si](C)(C)OCCc1cc[nH]c(=O)c1. The standard InChI is InChI=1S/C13H23NO2Si/c1-13(2,3)17(4,5)16-9-7-11-6-8-14-12(15)10-11/h6,8,10H,7,9H2,1-5H3,(H,14,15). The van der Waals surface area contributed by atoms with Gasteiger partial charge in [0.15, 0.2) is 8.32 Å². The molecule has 1 aromatic heterocycles. The third kappa shape index (κ3) is 4.13. The van der Waals surface area contributed by atoms with E-state index in [0.717, 1.165) is 12.0 Å². The van der Waals surface area contributed by atoms with E-state index in [1.165, 1.54) is 0 Å². The zero-order valence-electron chi connectivity index (χ0n) is 11.5. The first kappa shape index (κ1) is 14.2. The Morgan fingerprint density at radius 1 is 1.35 bits per heavy atom. The van der Waals surface area contributed by atoms with Crippen LogP contribution in [0.2, 0.25) is 18.1 Å². The minimum absolute atomic E-state index is 0.0465. The lowest BCUT2D eigenvalue weighted by atomic mass is 10.2. The van der Waals surface area contributed by atoms with Crippen LogP contribution in [-0.4, -0.2) is 19.9 Å². The zero-order valence-corrected chi connectivity index (χ0v) is 12.5. The Kier molecular flexibility index (Phi) is 4.33. The molecule has 0 fully saturated rings. The molecule has 1 aromatic rings. The number of pyridine rings is 1. The molecular weight excluding hydrogens is 230 g/mol. The molecule has 0 aliphatic rings. The van der Waals surface area contributed by atoms with Crippen molar-refractivity contribution in [1.29, 1.82) is 0 Å². The van der Waals surface area contributed by atoms with E-state index in [4.69, 9.17) is 4.43 Å². The highest BCUT2D eigenvalue weighted by molar-refractivity contribution is 6.74. The molecule has 96 valence electrons. The predicted molar refractivity (Wildman–Crippen MR) is 73.9 cm³/mol. The highest BCUT2D eigenvalue weighted by Crippen LogP contribution is 2.36. The highest BCUT2D eigenvalue weighted by Gasteiger charge is 2.36. The van der Waals surface area contributed by atoms with Crippen LogP contribution in [0.15, 0.2) is 23.1 Å². The average molecular weight is 253 g/mol. The number of aromatic amines is 1. The number of H-pyrrole nitrogens is 1. The number of hydrogen-bond acceptors (Lipinski definition) is 2. The summed E-state index contributed by atoms with van der Waals surface area (Å²) in [5.74, 6) is 0. The second-order valence-corrected chi connectivity index (χ2v) is 10.7. The lowest BCUT2D eigenvalue weighted by Gasteiger charge is -2.36. The van der Waals surface area contributed by atoms with Crippen LogP contribution in [0.1, 0.15) is 26.3 Å². The summed E-state index contributed by atoms with van der Waals surface area (Å²) >= 11 is 0. The number of aromatic nitrogens is 1. The molecule has 0 unspecified atom stereocenters. The molecule has 0 amide bonds. The van der Waals surface area contributed by atoms with Crippen LogP contribution in [0, 0.1) is 0 Å². The lowest BCUT2D eigenvalue weighted by molar-refractivity contribution is 0.292. The van der Waals surface area contributed by atoms with Crippen molar-refractivity contribution in [3.8, 4) is 0 Å². The van der Waals surface area contributed by atoms with Crippen molar-refractivity contribution in [2.75, 3.05) is 6.61 Å². The Morgan fingerprint density at radius 2 is 2.00 bits per heavy atom. The fraction of sp³-hybridized carbons (Fsp3) is 0.615. The minimum atomic E-state index is -1.66. The quantitative estimate of drug-likeness (QED) is 0.838. The van der Waals surface area contributed by atoms with Gasteiger partial charge in [0.1, 0.15) is 0 Å². The fourth-order valence-corrected chi connectivity index (χ4v) is 2.33. The summed E-state index contributed by atoms with van der Waals surface area (Å²) in [5, 5.41) is 0.237. The number of nitrogens with one attached hydrogen (secondary N) is 1. The van der Waals surface area contributed by atoms with Crippen molar-refractivity contribution < 1.29 is 4.43 Å². The monoisotopic (exact) mass is 253 g/mol. The maximum atomic E-state index is 11.1. The van der Waals surface area contributed by atoms with Crippen LogP contribution in [0.25, 0.3) is 0 Å². The Labute approximate surface area is 104 Å². The van der Waals surface area contributed by atoms with Gasteiger partial charge in [0.05, 0.1) is 0 Å². The highest BCUT2D eigenvalue weighted by atomic mass is 28.4. The smallest absolute Gasteiger partial charge is 0.248 e. The molecule has 0 aliphatic heterocycles. The molecule has 17 heavy (non-hydrogen) atoms. The minimum Gasteiger partial charge on any atom is -0.416 e. The Bertz CT molecular complexity index is 418. The molecule has 1 N–H and O–H groups in total. The lowest BCUT2D eigenvalue weighted by Crippen LogP contribution is -2.41. The van der Waals surface area contributed by atoms with Crippen LogP contribution < -0.4 is 5.56 Å². The molecular formula is C13H23NO2Si. The summed E-state index contributed by atoms with van der Waals surface area (Å²) in [6, 6.07) is 3.56. The summed E-state index contributed by atoms with van der Waals surface area (Å²) in [6.45, 7) is 11.9. The van der Waals surface area contributed by atoms with Gasteiger partial charge >= 0.3 is 0 Å². The van der Waals surface area contributed by atoms with Gasteiger partial charge in [0.25, 0.3) is 0 Å². The van der Waals surface area contributed by atoms with Crippen molar-refractivity contribution in [3.63, 3.8) is 0 Å². The average Bonchev–Trinajstić information content (AvgIpc) is 2.15. The number of hydrogen-bond donors (Lipinski definition) is 1. The molecule has 0 saturated carbocycles. The van der Waals surface area contributed by atoms with E-state index in [2.05, 4.69) is 38.8 Å². The van der Waals surface area contributed by atoms with Crippen LogP contribution in [0.3, 0.4) is 0 Å². The van der Waals surface area contributed by atoms with Gasteiger partial charge in [0.2, 0.25) is 5.56 Å². The fourth-order valence-electron chi connectivity index (χ4n) is 1.29. The van der Waals surface area contributed by atoms with Crippen LogP contribution in [-0.2, 0) is 10.8 Å². The summed E-state index contributed by atoms with van der Waals surface area (Å²) in [7, 11) is -1.66. The summed E-state index contributed by atoms with van der Waals surface area (Å²) in [6.07, 6.45) is 2.49. The van der Waals surface area contributed by atoms with Gasteiger partial charge < -0.3 is 9.41 Å². The van der Waals surface area contributed by atoms with Crippen molar-refractivity contribution >= 4 is 8.32 Å². The molecule has 0 atom stereocenters. The molecule has 0 radical (unpaired) electrons. The second-order valence-electron chi connectivity index (χ2n) is 5.92. The largest absolute Gasteiger partial charge is 0.416 e. The van der Waals surface area contributed by atoms with E-state index in [0.29, 0.717) is 6.61 Å². The van der Waals surface area contributed by atoms with Gasteiger partial charge in [-0.05, 0) is 36.2 Å². The predicted octanol–water partition coefficient (Wildman–Crippen LogP) is 2.94. The first-order valence-electron chi connectivity index (χ1n) is 6.04. The topological polar surface area (TPSA) is 42.1 Å². The van der Waals surface area contributed by atoms with Gasteiger partial charge in [-0.25, -0.2) is 0 Å². The van der Waals surface area contributed by atoms with Crippen LogP contribution in [0.5, 0.6) is 0 Å². The number of rotatable bonds is 4. The van der Waals surface area contributed by atoms with E-state index >= 15 is 0 Å². The van der Waals surface area contributed by atoms with E-state index in [-0.39, 0.29) is 10.6 Å². The van der Waals surface area contributed by atoms with Crippen LogP contribution in [0.4, 0.5) is 0 Å². The molecule has 0 spiro atoms. The molecule has 0 saturated heterocycles. The van der Waals surface area contributed by atoms with Gasteiger partial charge in [-0.15, -0.1) is 0 Å². The van der Waals surface area contributed by atoms with E-state index < -0.39 is 8.32 Å². The first-order valence-corrected chi connectivity index (χ1v) is 8.95. The van der Waals surface area contributed by atoms with Gasteiger partial charge in [-0.1, -0.05) is 20.8 Å². The van der Waals surface area contributed by atoms with Crippen LogP contribution >= 0.6 is 0 Å². The molecule has 1 heterocycles. The molecule has 0 aliphatic carbocycles. The molecule has 0 aromatic carbocycles. The van der Waals surface area contributed by atoms with E-state index in [9.17, 15) is 4.79 Å². The molecule has 0 bridgehead atoms. The van der Waals surface area contributed by atoms with Gasteiger partial charge in [-0.2, -0.15) is 0 Å². The first-order chi connectivity index (χ1) is 7.72. The van der Waals surface area contributed by atoms with Crippen molar-refractivity contribution in [2.24, 2.45) is 0 Å². The maximum Gasteiger partial charge on any atom is 0.248 e. The summed E-state index contributed by atoms with van der Waals surface area (Å²) < 4.78 is 6.06. The Balaban J connectivity index is 2.51. The zero-order chi connectivity index (χ0) is 13.1. The van der Waals surface area contributed by atoms with Gasteiger partial charge in [0, 0.05) is 18.9 Å². The molecule has 1 rings (SSSR count). The van der Waals surface area contributed by atoms with Crippen molar-refractivity contribution in [3.05, 3.63) is 34.2 Å². The summed E-state index contributed by atoms with van der Waals surface area (Å²) in [5.41, 5.74) is 0.988. The summed E-state index contributed by atoms with van der Waals surface area (Å²) in [4.78, 5) is 13.7. The second kappa shape index (κ2) is 5.19. The molecule has 3 nitrogen and oxygen atoms in total. The van der Waals surface area contributed by atoms with Gasteiger partial charge in [-0.3, -0.25) is 4.79 Å². The normalized spacial score (nSPS) is 12.8.